The number of hydrogen-bond donors (Lipinski definition) is 17. The second-order valence-corrected chi connectivity index (χ2v) is 24.8. The lowest BCUT2D eigenvalue weighted by Crippen LogP contribution is -2.64. The number of carbonyl (C=O) groups excluding carboxylic acids is 4. The Bertz CT molecular complexity index is 1850. The number of amides is 3. The van der Waals surface area contributed by atoms with Crippen molar-refractivity contribution in [1.82, 2.24) is 16.0 Å². The number of hydrogen-bond acceptors (Lipinski definition) is 27. The van der Waals surface area contributed by atoms with Crippen LogP contribution >= 0.6 is 0 Å². The Hall–Kier alpha value is -2.84. The van der Waals surface area contributed by atoms with Crippen LogP contribution in [0.15, 0.2) is 0 Å². The van der Waals surface area contributed by atoms with E-state index in [2.05, 4.69) is 16.0 Å². The van der Waals surface area contributed by atoms with E-state index in [0.29, 0.717) is 83.6 Å². The van der Waals surface area contributed by atoms with Crippen LogP contribution in [-0.4, -0.2) is 290 Å². The minimum absolute atomic E-state index is 0.00198. The first-order chi connectivity index (χ1) is 44.9. The first-order valence-electron chi connectivity index (χ1n) is 34.2. The summed E-state index contributed by atoms with van der Waals surface area (Å²) in [5.74, 6) is 0.278. The average molecular weight is 1350 g/mol. The number of Topliss-reactive ketones (excluding diaryl/α,β-unsaturated/α-hetero) is 1. The number of ketones is 1. The maximum absolute atomic E-state index is 12.4. The van der Waals surface area contributed by atoms with E-state index in [1.807, 2.05) is 0 Å². The zero-order chi connectivity index (χ0) is 67.9. The lowest BCUT2D eigenvalue weighted by Gasteiger charge is -2.45. The van der Waals surface area contributed by atoms with Crippen molar-refractivity contribution in [3.63, 3.8) is 0 Å². The lowest BCUT2D eigenvalue weighted by molar-refractivity contribution is -0.359. The largest absolute Gasteiger partial charge is 0.394 e. The van der Waals surface area contributed by atoms with Crippen LogP contribution in [0.2, 0.25) is 0 Å². The molecule has 0 aromatic carbocycles. The number of nitrogens with one attached hydrogen (secondary N) is 3. The SMILES string of the molecule is O=C(CCCCCCCCC(=O)NCCCCCCOC1OC(CO)C(OC2OC(CO)C(O)C(O)C2O)C(O)C1O)CCCCCCOCCC(=O)NCCCCCCCC(=O)NCCCCCCOC1OC(CO)C(OC2OC(CO)C(O)C(O)C2O)C(O)C1O. The molecule has 4 heterocycles. The van der Waals surface area contributed by atoms with E-state index >= 15 is 0 Å². The maximum Gasteiger partial charge on any atom is 0.222 e. The Morgan fingerprint density at radius 1 is 0.290 bits per heavy atom. The van der Waals surface area contributed by atoms with Gasteiger partial charge in [0.05, 0.1) is 33.0 Å². The van der Waals surface area contributed by atoms with Crippen LogP contribution < -0.4 is 16.0 Å². The summed E-state index contributed by atoms with van der Waals surface area (Å²) >= 11 is 0. The van der Waals surface area contributed by atoms with Crippen molar-refractivity contribution in [3.05, 3.63) is 0 Å². The molecule has 20 unspecified atom stereocenters. The van der Waals surface area contributed by atoms with Gasteiger partial charge in [-0.2, -0.15) is 0 Å². The second-order valence-electron chi connectivity index (χ2n) is 24.8. The molecule has 17 N–H and O–H groups in total. The van der Waals surface area contributed by atoms with Crippen molar-refractivity contribution in [3.8, 4) is 0 Å². The van der Waals surface area contributed by atoms with Gasteiger partial charge in [-0.1, -0.05) is 83.5 Å². The molecule has 544 valence electrons. The van der Waals surface area contributed by atoms with E-state index in [-0.39, 0.29) is 30.9 Å². The van der Waals surface area contributed by atoms with Crippen molar-refractivity contribution in [2.75, 3.05) is 72.5 Å². The summed E-state index contributed by atoms with van der Waals surface area (Å²) in [6.07, 6.45) is -8.01. The fourth-order valence-corrected chi connectivity index (χ4v) is 11.4. The third-order valence-electron chi connectivity index (χ3n) is 17.3. The number of aliphatic hydroxyl groups is 14. The van der Waals surface area contributed by atoms with Crippen molar-refractivity contribution < 1.29 is 133 Å². The summed E-state index contributed by atoms with van der Waals surface area (Å²) in [6, 6.07) is 0. The van der Waals surface area contributed by atoms with Gasteiger partial charge in [0.1, 0.15) is 103 Å². The van der Waals surface area contributed by atoms with Crippen molar-refractivity contribution in [1.29, 1.82) is 0 Å². The second kappa shape index (κ2) is 48.0. The number of unbranched alkanes of at least 4 members (excludes halogenated alkanes) is 18. The van der Waals surface area contributed by atoms with Crippen molar-refractivity contribution in [2.24, 2.45) is 0 Å². The van der Waals surface area contributed by atoms with Crippen LogP contribution in [0.4, 0.5) is 0 Å². The molecule has 30 heteroatoms. The molecule has 0 aromatic rings. The summed E-state index contributed by atoms with van der Waals surface area (Å²) in [5.41, 5.74) is 0. The molecular weight excluding hydrogens is 1230 g/mol. The van der Waals surface area contributed by atoms with Crippen LogP contribution in [-0.2, 0) is 61.8 Å². The van der Waals surface area contributed by atoms with Gasteiger partial charge in [-0.05, 0) is 64.2 Å². The third-order valence-corrected chi connectivity index (χ3v) is 17.3. The molecule has 4 rings (SSSR count). The molecule has 0 radical (unpaired) electrons. The normalized spacial score (nSPS) is 31.5. The summed E-state index contributed by atoms with van der Waals surface area (Å²) in [5, 5.41) is 151. The molecule has 3 amide bonds. The number of carbonyl (C=O) groups is 4. The molecule has 0 saturated carbocycles. The molecule has 0 aromatic heterocycles. The monoisotopic (exact) mass is 1350 g/mol. The Labute approximate surface area is 546 Å². The van der Waals surface area contributed by atoms with Gasteiger partial charge in [0.15, 0.2) is 25.2 Å². The van der Waals surface area contributed by atoms with Gasteiger partial charge in [0.25, 0.3) is 0 Å². The van der Waals surface area contributed by atoms with Crippen LogP contribution in [0, 0.1) is 0 Å². The minimum Gasteiger partial charge on any atom is -0.394 e. The molecule has 30 nitrogen and oxygen atoms in total. The molecule has 0 spiro atoms. The van der Waals surface area contributed by atoms with Gasteiger partial charge in [0.2, 0.25) is 17.7 Å². The quantitative estimate of drug-likeness (QED) is 0.0297. The Morgan fingerprint density at radius 2 is 0.591 bits per heavy atom. The maximum atomic E-state index is 12.4. The van der Waals surface area contributed by atoms with E-state index in [0.717, 1.165) is 135 Å². The summed E-state index contributed by atoms with van der Waals surface area (Å²) in [6.45, 7) is 0.322. The highest BCUT2D eigenvalue weighted by atomic mass is 16.8. The standard InChI is InChI=1S/C63H115N3O27/c67-36-41-48(75)50(77)54(81)62(88-41)92-58-43(38-69)90-60(56(83)52(58)79)86-33-22-12-9-19-29-64-45(72)26-16-5-2-1-4-14-24-40(71)25-15-7-11-21-32-85-35-28-47(74)66-31-18-8-3-6-17-27-46(73)65-30-20-10-13-23-34-87-61-57(84)53(80)59(44(39-70)91-61)93-63-55(82)51(78)49(76)42(37-68)89-63/h41-44,48-63,67-70,75-84H,1-39H2,(H,64,72)(H,65,73)(H,66,74). The lowest BCUT2D eigenvalue weighted by atomic mass is 9.97. The van der Waals surface area contributed by atoms with Crippen molar-refractivity contribution in [2.45, 2.75) is 303 Å². The van der Waals surface area contributed by atoms with Crippen LogP contribution in [0.1, 0.15) is 180 Å². The van der Waals surface area contributed by atoms with E-state index in [1.165, 1.54) is 0 Å². The minimum atomic E-state index is -1.75. The Morgan fingerprint density at radius 3 is 0.968 bits per heavy atom. The third kappa shape index (κ3) is 30.4. The number of rotatable bonds is 51. The molecule has 0 bridgehead atoms. The number of aliphatic hydroxyl groups excluding tert-OH is 14. The van der Waals surface area contributed by atoms with E-state index < -0.39 is 149 Å². The van der Waals surface area contributed by atoms with Gasteiger partial charge in [-0.3, -0.25) is 19.2 Å². The van der Waals surface area contributed by atoms with E-state index in [9.17, 15) is 90.7 Å². The fraction of sp³-hybridized carbons (Fsp3) is 0.937. The molecule has 0 aliphatic carbocycles. The van der Waals surface area contributed by atoms with Crippen molar-refractivity contribution >= 4 is 23.5 Å². The topological polar surface area (TPSA) is 471 Å². The summed E-state index contributed by atoms with van der Waals surface area (Å²) < 4.78 is 50.0. The van der Waals surface area contributed by atoms with Crippen LogP contribution in [0.5, 0.6) is 0 Å². The highest BCUT2D eigenvalue weighted by Gasteiger charge is 2.52. The first-order valence-corrected chi connectivity index (χ1v) is 34.2. The van der Waals surface area contributed by atoms with Crippen LogP contribution in [0.25, 0.3) is 0 Å². The van der Waals surface area contributed by atoms with E-state index in [4.69, 9.17) is 42.6 Å². The van der Waals surface area contributed by atoms with Gasteiger partial charge in [-0.25, -0.2) is 0 Å². The predicted octanol–water partition coefficient (Wildman–Crippen LogP) is -1.88. The zero-order valence-electron chi connectivity index (χ0n) is 54.2. The molecule has 4 saturated heterocycles. The zero-order valence-corrected chi connectivity index (χ0v) is 54.2. The van der Waals surface area contributed by atoms with Gasteiger partial charge < -0.3 is 130 Å². The molecular formula is C63H115N3O27. The molecule has 93 heavy (non-hydrogen) atoms. The molecule has 4 aliphatic heterocycles. The van der Waals surface area contributed by atoms with E-state index in [1.54, 1.807) is 0 Å². The Kier molecular flexibility index (Phi) is 42.6. The number of ether oxygens (including phenoxy) is 9. The highest BCUT2D eigenvalue weighted by molar-refractivity contribution is 5.78. The smallest absolute Gasteiger partial charge is 0.222 e. The van der Waals surface area contributed by atoms with Gasteiger partial charge in [0, 0.05) is 71.6 Å². The first kappa shape index (κ1) is 82.6. The highest BCUT2D eigenvalue weighted by Crippen LogP contribution is 2.32. The average Bonchev–Trinajstić information content (AvgIpc) is 0.833. The molecule has 4 fully saturated rings. The summed E-state index contributed by atoms with van der Waals surface area (Å²) in [7, 11) is 0. The van der Waals surface area contributed by atoms with Gasteiger partial charge >= 0.3 is 0 Å². The predicted molar refractivity (Wildman–Crippen MR) is 329 cm³/mol. The Balaban J connectivity index is 0.828. The molecule has 20 atom stereocenters. The van der Waals surface area contributed by atoms with Gasteiger partial charge in [-0.15, -0.1) is 0 Å². The fourth-order valence-electron chi connectivity index (χ4n) is 11.4. The molecule has 4 aliphatic rings. The summed E-state index contributed by atoms with van der Waals surface area (Å²) in [4.78, 5) is 49.2. The van der Waals surface area contributed by atoms with Crippen LogP contribution in [0.3, 0.4) is 0 Å².